The smallest absolute Gasteiger partial charge is 0.0478 e. The molecule has 0 atom stereocenters. The number of unbranched alkanes of at least 4 members (excludes halogenated alkanes) is 1. The summed E-state index contributed by atoms with van der Waals surface area (Å²) < 4.78 is 0. The Bertz CT molecular complexity index is 799. The molecule has 0 saturated heterocycles. The van der Waals surface area contributed by atoms with Crippen molar-refractivity contribution in [1.82, 2.24) is 0 Å². The van der Waals surface area contributed by atoms with Gasteiger partial charge in [0.15, 0.2) is 0 Å². The molecule has 0 radical (unpaired) electrons. The van der Waals surface area contributed by atoms with E-state index in [0.717, 1.165) is 40.1 Å². The third-order valence-corrected chi connectivity index (χ3v) is 4.25. The van der Waals surface area contributed by atoms with Crippen LogP contribution < -0.4 is 11.1 Å². The highest BCUT2D eigenvalue weighted by Crippen LogP contribution is 2.28. The van der Waals surface area contributed by atoms with Gasteiger partial charge in [0.1, 0.15) is 0 Å². The van der Waals surface area contributed by atoms with Crippen LogP contribution in [0.2, 0.25) is 0 Å². The van der Waals surface area contributed by atoms with E-state index in [1.807, 2.05) is 25.1 Å². The predicted octanol–water partition coefficient (Wildman–Crippen LogP) is 6.07. The molecule has 0 aliphatic heterocycles. The van der Waals surface area contributed by atoms with E-state index in [0.29, 0.717) is 5.70 Å². The second kappa shape index (κ2) is 8.39. The van der Waals surface area contributed by atoms with Gasteiger partial charge in [-0.25, -0.2) is 0 Å². The van der Waals surface area contributed by atoms with Gasteiger partial charge in [0.25, 0.3) is 0 Å². The van der Waals surface area contributed by atoms with E-state index in [1.54, 1.807) is 0 Å². The van der Waals surface area contributed by atoms with Crippen LogP contribution in [0.4, 0.5) is 5.69 Å². The second-order valence-electron chi connectivity index (χ2n) is 6.44. The van der Waals surface area contributed by atoms with Crippen molar-refractivity contribution < 1.29 is 0 Å². The largest absolute Gasteiger partial charge is 0.399 e. The number of nitrogens with one attached hydrogen (secondary N) is 1. The summed E-state index contributed by atoms with van der Waals surface area (Å²) in [6.07, 6.45) is 3.39. The average Bonchev–Trinajstić information content (AvgIpc) is 2.60. The Morgan fingerprint density at radius 3 is 2.28 bits per heavy atom. The van der Waals surface area contributed by atoms with Crippen LogP contribution in [0.15, 0.2) is 62.2 Å². The van der Waals surface area contributed by atoms with E-state index in [4.69, 9.17) is 5.73 Å². The molecule has 2 heteroatoms. The highest BCUT2D eigenvalue weighted by Gasteiger charge is 2.10. The standard InChI is InChI=1S/C23H28N2/c1-6-7-10-19-13-14-23(22(15-19)17(4)24)25-18(5)21-12-9-8-11-20(21)16(2)3/h8-9,11-15,25H,2,4-7,10,24H2,1,3H3. The molecule has 0 aliphatic rings. The molecule has 0 amide bonds. The number of hydrogen-bond donors (Lipinski definition) is 2. The van der Waals surface area contributed by atoms with E-state index in [9.17, 15) is 0 Å². The lowest BCUT2D eigenvalue weighted by Gasteiger charge is -2.17. The molecule has 130 valence electrons. The number of anilines is 1. The Hall–Kier alpha value is -2.74. The third-order valence-electron chi connectivity index (χ3n) is 4.25. The summed E-state index contributed by atoms with van der Waals surface area (Å²) in [5.41, 5.74) is 13.7. The maximum atomic E-state index is 6.03. The monoisotopic (exact) mass is 332 g/mol. The van der Waals surface area contributed by atoms with Crippen LogP contribution in [0.5, 0.6) is 0 Å². The molecule has 0 heterocycles. The van der Waals surface area contributed by atoms with Crippen molar-refractivity contribution in [3.63, 3.8) is 0 Å². The number of rotatable bonds is 8. The first-order valence-electron chi connectivity index (χ1n) is 8.73. The van der Waals surface area contributed by atoms with Crippen molar-refractivity contribution in [3.8, 4) is 0 Å². The zero-order valence-electron chi connectivity index (χ0n) is 15.4. The summed E-state index contributed by atoms with van der Waals surface area (Å²) in [6, 6.07) is 14.4. The van der Waals surface area contributed by atoms with Gasteiger partial charge < -0.3 is 11.1 Å². The molecule has 2 aromatic rings. The first-order valence-corrected chi connectivity index (χ1v) is 8.73. The van der Waals surface area contributed by atoms with Gasteiger partial charge in [-0.3, -0.25) is 0 Å². The SMILES string of the molecule is C=C(N)c1cc(CCCC)ccc1NC(=C)c1ccccc1C(=C)C. The van der Waals surface area contributed by atoms with Gasteiger partial charge >= 0.3 is 0 Å². The summed E-state index contributed by atoms with van der Waals surface area (Å²) >= 11 is 0. The minimum Gasteiger partial charge on any atom is -0.399 e. The molecule has 2 nitrogen and oxygen atoms in total. The highest BCUT2D eigenvalue weighted by molar-refractivity contribution is 5.86. The molecule has 0 aliphatic carbocycles. The van der Waals surface area contributed by atoms with E-state index in [-0.39, 0.29) is 0 Å². The Balaban J connectivity index is 2.32. The van der Waals surface area contributed by atoms with Crippen LogP contribution in [-0.2, 0) is 6.42 Å². The molecule has 0 unspecified atom stereocenters. The lowest BCUT2D eigenvalue weighted by atomic mass is 9.99. The molecule has 2 rings (SSSR count). The van der Waals surface area contributed by atoms with Crippen LogP contribution in [0.3, 0.4) is 0 Å². The Kier molecular flexibility index (Phi) is 6.24. The Morgan fingerprint density at radius 1 is 1.00 bits per heavy atom. The van der Waals surface area contributed by atoms with E-state index in [2.05, 4.69) is 56.2 Å². The zero-order chi connectivity index (χ0) is 18.4. The van der Waals surface area contributed by atoms with Gasteiger partial charge in [0, 0.05) is 28.2 Å². The Morgan fingerprint density at radius 2 is 1.68 bits per heavy atom. The minimum absolute atomic E-state index is 0.557. The molecule has 0 spiro atoms. The van der Waals surface area contributed by atoms with Crippen LogP contribution in [0.1, 0.15) is 48.9 Å². The Labute approximate surface area is 151 Å². The average molecular weight is 332 g/mol. The van der Waals surface area contributed by atoms with Gasteiger partial charge in [-0.05, 0) is 43.0 Å². The van der Waals surface area contributed by atoms with Crippen LogP contribution in [0.25, 0.3) is 17.0 Å². The first kappa shape index (κ1) is 18.6. The molecule has 25 heavy (non-hydrogen) atoms. The van der Waals surface area contributed by atoms with E-state index >= 15 is 0 Å². The zero-order valence-corrected chi connectivity index (χ0v) is 15.4. The van der Waals surface area contributed by atoms with Crippen molar-refractivity contribution in [2.24, 2.45) is 5.73 Å². The van der Waals surface area contributed by atoms with Gasteiger partial charge in [0.05, 0.1) is 0 Å². The fraction of sp³-hybridized carbons (Fsp3) is 0.217. The van der Waals surface area contributed by atoms with Gasteiger partial charge in [-0.2, -0.15) is 0 Å². The normalized spacial score (nSPS) is 10.3. The number of hydrogen-bond acceptors (Lipinski definition) is 2. The fourth-order valence-corrected chi connectivity index (χ4v) is 2.85. The third kappa shape index (κ3) is 4.63. The molecule has 0 fully saturated rings. The summed E-state index contributed by atoms with van der Waals surface area (Å²) in [7, 11) is 0. The van der Waals surface area contributed by atoms with Gasteiger partial charge in [-0.15, -0.1) is 0 Å². The van der Waals surface area contributed by atoms with Crippen LogP contribution in [-0.4, -0.2) is 0 Å². The van der Waals surface area contributed by atoms with Gasteiger partial charge in [-0.1, -0.05) is 69.0 Å². The molecule has 0 saturated carbocycles. The van der Waals surface area contributed by atoms with Crippen molar-refractivity contribution in [2.75, 3.05) is 5.32 Å². The molecular formula is C23H28N2. The quantitative estimate of drug-likeness (QED) is 0.615. The second-order valence-corrected chi connectivity index (χ2v) is 6.44. The summed E-state index contributed by atoms with van der Waals surface area (Å²) in [5, 5.41) is 3.41. The number of aryl methyl sites for hydroxylation is 1. The topological polar surface area (TPSA) is 38.0 Å². The molecular weight excluding hydrogens is 304 g/mol. The summed E-state index contributed by atoms with van der Waals surface area (Å²) in [5.74, 6) is 0. The minimum atomic E-state index is 0.557. The number of benzene rings is 2. The van der Waals surface area contributed by atoms with Crippen LogP contribution in [0, 0.1) is 0 Å². The van der Waals surface area contributed by atoms with Crippen LogP contribution >= 0.6 is 0 Å². The van der Waals surface area contributed by atoms with Crippen molar-refractivity contribution in [2.45, 2.75) is 33.1 Å². The molecule has 0 aromatic heterocycles. The summed E-state index contributed by atoms with van der Waals surface area (Å²) in [4.78, 5) is 0. The molecule has 3 N–H and O–H groups in total. The molecule has 0 bridgehead atoms. The maximum absolute atomic E-state index is 6.03. The van der Waals surface area contributed by atoms with Gasteiger partial charge in [0.2, 0.25) is 0 Å². The lowest BCUT2D eigenvalue weighted by Crippen LogP contribution is -2.05. The lowest BCUT2D eigenvalue weighted by molar-refractivity contribution is 0.795. The summed E-state index contributed by atoms with van der Waals surface area (Å²) in [6.45, 7) is 16.4. The van der Waals surface area contributed by atoms with E-state index < -0.39 is 0 Å². The fourth-order valence-electron chi connectivity index (χ4n) is 2.85. The number of nitrogens with two attached hydrogens (primary N) is 1. The molecule has 2 aromatic carbocycles. The van der Waals surface area contributed by atoms with Crippen molar-refractivity contribution >= 4 is 22.7 Å². The van der Waals surface area contributed by atoms with Crippen molar-refractivity contribution in [3.05, 3.63) is 84.5 Å². The highest BCUT2D eigenvalue weighted by atomic mass is 14.9. The predicted molar refractivity (Wildman–Crippen MR) is 112 cm³/mol. The van der Waals surface area contributed by atoms with E-state index in [1.165, 1.54) is 18.4 Å². The van der Waals surface area contributed by atoms with Crippen molar-refractivity contribution in [1.29, 1.82) is 0 Å². The maximum Gasteiger partial charge on any atom is 0.0478 e. The number of allylic oxidation sites excluding steroid dienone is 1. The first-order chi connectivity index (χ1) is 11.9.